The van der Waals surface area contributed by atoms with Crippen LogP contribution >= 0.6 is 11.8 Å². The SMILES string of the molecule is CC1(C)COC(CC2CCCS2)N1. The van der Waals surface area contributed by atoms with Crippen LogP contribution in [0.1, 0.15) is 33.1 Å². The lowest BCUT2D eigenvalue weighted by Crippen LogP contribution is -2.39. The molecule has 2 atom stereocenters. The summed E-state index contributed by atoms with van der Waals surface area (Å²) >= 11 is 2.11. The van der Waals surface area contributed by atoms with Gasteiger partial charge in [0.05, 0.1) is 6.61 Å². The van der Waals surface area contributed by atoms with Crippen molar-refractivity contribution >= 4 is 11.8 Å². The molecule has 2 nitrogen and oxygen atoms in total. The zero-order valence-corrected chi connectivity index (χ0v) is 9.32. The Morgan fingerprint density at radius 2 is 2.38 bits per heavy atom. The predicted molar refractivity (Wildman–Crippen MR) is 57.1 cm³/mol. The topological polar surface area (TPSA) is 21.3 Å². The van der Waals surface area contributed by atoms with Gasteiger partial charge in [0.2, 0.25) is 0 Å². The highest BCUT2D eigenvalue weighted by atomic mass is 32.2. The molecule has 2 saturated heterocycles. The van der Waals surface area contributed by atoms with Crippen molar-refractivity contribution < 1.29 is 4.74 Å². The standard InChI is InChI=1S/C10H19NOS/c1-10(2)7-12-9(11-10)6-8-4-3-5-13-8/h8-9,11H,3-7H2,1-2H3. The highest BCUT2D eigenvalue weighted by Crippen LogP contribution is 2.31. The number of ether oxygens (including phenoxy) is 1. The molecule has 0 aromatic heterocycles. The summed E-state index contributed by atoms with van der Waals surface area (Å²) in [6.45, 7) is 5.26. The van der Waals surface area contributed by atoms with Crippen molar-refractivity contribution in [3.05, 3.63) is 0 Å². The van der Waals surface area contributed by atoms with E-state index in [0.29, 0.717) is 6.23 Å². The Labute approximate surface area is 84.8 Å². The zero-order valence-electron chi connectivity index (χ0n) is 8.51. The molecule has 2 aliphatic rings. The third kappa shape index (κ3) is 2.61. The van der Waals surface area contributed by atoms with Crippen molar-refractivity contribution in [3.8, 4) is 0 Å². The lowest BCUT2D eigenvalue weighted by molar-refractivity contribution is 0.0913. The van der Waals surface area contributed by atoms with Gasteiger partial charge in [-0.1, -0.05) is 0 Å². The molecule has 0 aromatic rings. The van der Waals surface area contributed by atoms with Crippen LogP contribution < -0.4 is 5.32 Å². The van der Waals surface area contributed by atoms with Crippen molar-refractivity contribution in [2.75, 3.05) is 12.4 Å². The lowest BCUT2D eigenvalue weighted by Gasteiger charge is -2.18. The first-order valence-electron chi connectivity index (χ1n) is 5.17. The lowest BCUT2D eigenvalue weighted by atomic mass is 10.1. The van der Waals surface area contributed by atoms with Crippen LogP contribution in [0.4, 0.5) is 0 Å². The van der Waals surface area contributed by atoms with Crippen LogP contribution in [0.15, 0.2) is 0 Å². The summed E-state index contributed by atoms with van der Waals surface area (Å²) in [7, 11) is 0. The Kier molecular flexibility index (Phi) is 2.86. The van der Waals surface area contributed by atoms with E-state index in [2.05, 4.69) is 30.9 Å². The number of thioether (sulfide) groups is 1. The van der Waals surface area contributed by atoms with Crippen LogP contribution in [0, 0.1) is 0 Å². The summed E-state index contributed by atoms with van der Waals surface area (Å²) in [6.07, 6.45) is 4.28. The average molecular weight is 201 g/mol. The highest BCUT2D eigenvalue weighted by Gasteiger charge is 2.32. The molecular weight excluding hydrogens is 182 g/mol. The maximum atomic E-state index is 5.71. The second-order valence-electron chi connectivity index (χ2n) is 4.70. The minimum Gasteiger partial charge on any atom is -0.361 e. The third-order valence-electron chi connectivity index (χ3n) is 2.70. The van der Waals surface area contributed by atoms with E-state index in [1.165, 1.54) is 25.0 Å². The fraction of sp³-hybridized carbons (Fsp3) is 1.00. The van der Waals surface area contributed by atoms with E-state index in [-0.39, 0.29) is 5.54 Å². The minimum atomic E-state index is 0.188. The van der Waals surface area contributed by atoms with Crippen LogP contribution in [-0.4, -0.2) is 29.4 Å². The van der Waals surface area contributed by atoms with Gasteiger partial charge in [0.15, 0.2) is 0 Å². The van der Waals surface area contributed by atoms with Gasteiger partial charge in [-0.2, -0.15) is 11.8 Å². The highest BCUT2D eigenvalue weighted by molar-refractivity contribution is 8.00. The normalized spacial score (nSPS) is 38.3. The first-order valence-corrected chi connectivity index (χ1v) is 6.21. The van der Waals surface area contributed by atoms with Crippen LogP contribution in [0.5, 0.6) is 0 Å². The number of hydrogen-bond acceptors (Lipinski definition) is 3. The van der Waals surface area contributed by atoms with Gasteiger partial charge in [-0.15, -0.1) is 0 Å². The van der Waals surface area contributed by atoms with Gasteiger partial charge in [-0.05, 0) is 38.9 Å². The van der Waals surface area contributed by atoms with Crippen molar-refractivity contribution in [1.29, 1.82) is 0 Å². The summed E-state index contributed by atoms with van der Waals surface area (Å²) < 4.78 is 5.71. The number of nitrogens with one attached hydrogen (secondary N) is 1. The van der Waals surface area contributed by atoms with E-state index >= 15 is 0 Å². The second-order valence-corrected chi connectivity index (χ2v) is 6.11. The molecule has 0 bridgehead atoms. The predicted octanol–water partition coefficient (Wildman–Crippen LogP) is 2.00. The summed E-state index contributed by atoms with van der Waals surface area (Å²) in [4.78, 5) is 0. The van der Waals surface area contributed by atoms with Crippen molar-refractivity contribution in [2.45, 2.75) is 50.1 Å². The summed E-state index contributed by atoms with van der Waals surface area (Å²) in [5.74, 6) is 1.35. The van der Waals surface area contributed by atoms with E-state index in [4.69, 9.17) is 4.74 Å². The zero-order chi connectivity index (χ0) is 9.31. The molecule has 0 saturated carbocycles. The summed E-state index contributed by atoms with van der Waals surface area (Å²) in [6, 6.07) is 0. The quantitative estimate of drug-likeness (QED) is 0.738. The Morgan fingerprint density at radius 1 is 1.54 bits per heavy atom. The molecule has 2 unspecified atom stereocenters. The molecule has 0 aromatic carbocycles. The Bertz CT molecular complexity index is 178. The molecule has 2 rings (SSSR count). The van der Waals surface area contributed by atoms with Gasteiger partial charge >= 0.3 is 0 Å². The fourth-order valence-corrected chi connectivity index (χ4v) is 3.33. The summed E-state index contributed by atoms with van der Waals surface area (Å²) in [5, 5.41) is 4.36. The van der Waals surface area contributed by atoms with E-state index in [1.807, 2.05) is 0 Å². The van der Waals surface area contributed by atoms with Crippen LogP contribution in [0.3, 0.4) is 0 Å². The van der Waals surface area contributed by atoms with Gasteiger partial charge in [0.1, 0.15) is 6.23 Å². The van der Waals surface area contributed by atoms with Crippen LogP contribution in [-0.2, 0) is 4.74 Å². The Morgan fingerprint density at radius 3 is 2.92 bits per heavy atom. The number of rotatable bonds is 2. The van der Waals surface area contributed by atoms with E-state index in [9.17, 15) is 0 Å². The van der Waals surface area contributed by atoms with Gasteiger partial charge in [0.25, 0.3) is 0 Å². The largest absolute Gasteiger partial charge is 0.361 e. The van der Waals surface area contributed by atoms with E-state index in [1.54, 1.807) is 0 Å². The second kappa shape index (κ2) is 3.79. The molecule has 13 heavy (non-hydrogen) atoms. The van der Waals surface area contributed by atoms with Crippen molar-refractivity contribution in [1.82, 2.24) is 5.32 Å². The van der Waals surface area contributed by atoms with Crippen molar-refractivity contribution in [3.63, 3.8) is 0 Å². The number of hydrogen-bond donors (Lipinski definition) is 1. The van der Waals surface area contributed by atoms with Crippen molar-refractivity contribution in [2.24, 2.45) is 0 Å². The molecule has 76 valence electrons. The molecule has 2 fully saturated rings. The average Bonchev–Trinajstić information content (AvgIpc) is 2.61. The maximum Gasteiger partial charge on any atom is 0.109 e. The minimum absolute atomic E-state index is 0.188. The molecular formula is C10H19NOS. The Hall–Kier alpha value is 0.270. The van der Waals surface area contributed by atoms with Gasteiger partial charge in [-0.25, -0.2) is 0 Å². The van der Waals surface area contributed by atoms with E-state index in [0.717, 1.165) is 11.9 Å². The first kappa shape index (κ1) is 9.81. The Balaban J connectivity index is 1.77. The molecule has 0 radical (unpaired) electrons. The molecule has 2 heterocycles. The first-order chi connectivity index (χ1) is 6.16. The molecule has 2 aliphatic heterocycles. The maximum absolute atomic E-state index is 5.71. The molecule has 1 N–H and O–H groups in total. The monoisotopic (exact) mass is 201 g/mol. The molecule has 3 heteroatoms. The molecule has 0 aliphatic carbocycles. The van der Waals surface area contributed by atoms with Gasteiger partial charge < -0.3 is 4.74 Å². The van der Waals surface area contributed by atoms with Gasteiger partial charge in [-0.3, -0.25) is 5.32 Å². The smallest absolute Gasteiger partial charge is 0.109 e. The van der Waals surface area contributed by atoms with E-state index < -0.39 is 0 Å². The van der Waals surface area contributed by atoms with Gasteiger partial charge in [0, 0.05) is 10.8 Å². The summed E-state index contributed by atoms with van der Waals surface area (Å²) in [5.41, 5.74) is 0.188. The molecule has 0 spiro atoms. The fourth-order valence-electron chi connectivity index (χ4n) is 2.02. The van der Waals surface area contributed by atoms with Crippen LogP contribution in [0.25, 0.3) is 0 Å². The third-order valence-corrected chi connectivity index (χ3v) is 4.12. The van der Waals surface area contributed by atoms with Crippen LogP contribution in [0.2, 0.25) is 0 Å². The molecule has 0 amide bonds.